The summed E-state index contributed by atoms with van der Waals surface area (Å²) >= 11 is 0. The molecule has 2 heterocycles. The molecular formula is C23H23N3O3S. The van der Waals surface area contributed by atoms with Crippen LogP contribution in [0.5, 0.6) is 11.5 Å². The Morgan fingerprint density at radius 3 is 2.73 bits per heavy atom. The molecule has 0 spiro atoms. The van der Waals surface area contributed by atoms with Gasteiger partial charge >= 0.3 is 0 Å². The minimum atomic E-state index is -1.46. The number of rotatable bonds is 7. The number of methoxy groups -OCH3 is 1. The van der Waals surface area contributed by atoms with Gasteiger partial charge in [-0.3, -0.25) is 9.71 Å². The van der Waals surface area contributed by atoms with E-state index >= 15 is 0 Å². The molecule has 0 aliphatic carbocycles. The van der Waals surface area contributed by atoms with Crippen molar-refractivity contribution in [1.29, 1.82) is 0 Å². The van der Waals surface area contributed by atoms with Crippen LogP contribution < -0.4 is 14.2 Å². The van der Waals surface area contributed by atoms with Gasteiger partial charge in [0, 0.05) is 17.3 Å². The lowest BCUT2D eigenvalue weighted by atomic mass is 10.0. The van der Waals surface area contributed by atoms with E-state index in [1.807, 2.05) is 44.2 Å². The van der Waals surface area contributed by atoms with Crippen molar-refractivity contribution in [3.63, 3.8) is 0 Å². The lowest BCUT2D eigenvalue weighted by Gasteiger charge is -2.12. The molecule has 1 N–H and O–H groups in total. The van der Waals surface area contributed by atoms with E-state index in [0.717, 1.165) is 28.2 Å². The van der Waals surface area contributed by atoms with Crippen molar-refractivity contribution in [3.8, 4) is 11.5 Å². The van der Waals surface area contributed by atoms with Crippen LogP contribution in [0.1, 0.15) is 30.5 Å². The predicted octanol–water partition coefficient (Wildman–Crippen LogP) is 4.36. The van der Waals surface area contributed by atoms with E-state index in [4.69, 9.17) is 14.5 Å². The lowest BCUT2D eigenvalue weighted by molar-refractivity contribution is 0.242. The highest BCUT2D eigenvalue weighted by molar-refractivity contribution is 7.86. The lowest BCUT2D eigenvalue weighted by Crippen LogP contribution is -2.09. The standard InChI is InChI=1S/C23H23N3O3S/c1-15(2)29-19-8-7-17-14-25-23(21(17)13-19)16-9-10-24-22(11-16)26-30(27)20-6-4-5-18(12-20)28-3/h4-13,15H,14H2,1-3H3,(H,24,26). The van der Waals surface area contributed by atoms with Gasteiger partial charge in [-0.05, 0) is 61.9 Å². The molecule has 1 aliphatic rings. The van der Waals surface area contributed by atoms with Gasteiger partial charge in [0.1, 0.15) is 17.3 Å². The molecule has 0 saturated heterocycles. The molecule has 3 aromatic rings. The average Bonchev–Trinajstić information content (AvgIpc) is 3.17. The van der Waals surface area contributed by atoms with E-state index in [1.165, 1.54) is 0 Å². The van der Waals surface area contributed by atoms with Gasteiger partial charge in [-0.25, -0.2) is 9.19 Å². The van der Waals surface area contributed by atoms with Crippen LogP contribution in [0.2, 0.25) is 0 Å². The summed E-state index contributed by atoms with van der Waals surface area (Å²) in [6.45, 7) is 4.64. The molecule has 1 unspecified atom stereocenters. The second kappa shape index (κ2) is 8.67. The summed E-state index contributed by atoms with van der Waals surface area (Å²) in [7, 11) is 0.118. The molecule has 0 amide bonds. The Balaban J connectivity index is 1.57. The number of benzene rings is 2. The van der Waals surface area contributed by atoms with Crippen molar-refractivity contribution >= 4 is 22.5 Å². The Kier molecular flexibility index (Phi) is 5.81. The van der Waals surface area contributed by atoms with Gasteiger partial charge in [0.05, 0.1) is 30.4 Å². The smallest absolute Gasteiger partial charge is 0.151 e. The molecule has 4 rings (SSSR count). The van der Waals surface area contributed by atoms with Crippen LogP contribution in [0.4, 0.5) is 5.82 Å². The monoisotopic (exact) mass is 421 g/mol. The van der Waals surface area contributed by atoms with E-state index in [2.05, 4.69) is 15.8 Å². The highest BCUT2D eigenvalue weighted by Gasteiger charge is 2.19. The highest BCUT2D eigenvalue weighted by Crippen LogP contribution is 2.28. The second-order valence-corrected chi connectivity index (χ2v) is 8.34. The summed E-state index contributed by atoms with van der Waals surface area (Å²) in [4.78, 5) is 9.64. The van der Waals surface area contributed by atoms with Crippen molar-refractivity contribution in [2.24, 2.45) is 4.99 Å². The number of aliphatic imine (C=N–C) groups is 1. The Morgan fingerprint density at radius 2 is 1.93 bits per heavy atom. The number of nitrogens with one attached hydrogen (secondary N) is 1. The van der Waals surface area contributed by atoms with Crippen LogP contribution in [0.25, 0.3) is 0 Å². The normalized spacial score (nSPS) is 13.5. The molecule has 0 bridgehead atoms. The van der Waals surface area contributed by atoms with E-state index < -0.39 is 11.0 Å². The maximum absolute atomic E-state index is 12.7. The summed E-state index contributed by atoms with van der Waals surface area (Å²) in [5, 5.41) is 0. The minimum Gasteiger partial charge on any atom is -0.497 e. The first kappa shape index (κ1) is 20.1. The van der Waals surface area contributed by atoms with Crippen LogP contribution in [0, 0.1) is 0 Å². The quantitative estimate of drug-likeness (QED) is 0.615. The average molecular weight is 422 g/mol. The second-order valence-electron chi connectivity index (χ2n) is 7.13. The van der Waals surface area contributed by atoms with E-state index in [9.17, 15) is 4.21 Å². The fraction of sp³-hybridized carbons (Fsp3) is 0.217. The maximum Gasteiger partial charge on any atom is 0.151 e. The molecular weight excluding hydrogens is 398 g/mol. The maximum atomic E-state index is 12.7. The van der Waals surface area contributed by atoms with Crippen LogP contribution in [0.3, 0.4) is 0 Å². The van der Waals surface area contributed by atoms with Crippen LogP contribution in [0.15, 0.2) is 70.7 Å². The summed E-state index contributed by atoms with van der Waals surface area (Å²) in [6, 6.07) is 17.0. The number of fused-ring (bicyclic) bond motifs is 1. The van der Waals surface area contributed by atoms with Gasteiger partial charge in [-0.1, -0.05) is 12.1 Å². The minimum absolute atomic E-state index is 0.105. The van der Waals surface area contributed by atoms with Gasteiger partial charge in [0.2, 0.25) is 0 Å². The van der Waals surface area contributed by atoms with Crippen LogP contribution in [-0.4, -0.2) is 28.1 Å². The van der Waals surface area contributed by atoms with Gasteiger partial charge < -0.3 is 9.47 Å². The molecule has 1 atom stereocenters. The van der Waals surface area contributed by atoms with Crippen molar-refractivity contribution in [2.75, 3.05) is 11.8 Å². The fourth-order valence-corrected chi connectivity index (χ4v) is 4.10. The van der Waals surface area contributed by atoms with Crippen molar-refractivity contribution in [3.05, 3.63) is 77.5 Å². The van der Waals surface area contributed by atoms with Crippen molar-refractivity contribution in [2.45, 2.75) is 31.4 Å². The molecule has 154 valence electrons. The Bertz CT molecular complexity index is 1130. The molecule has 1 aromatic heterocycles. The first-order chi connectivity index (χ1) is 14.5. The predicted molar refractivity (Wildman–Crippen MR) is 119 cm³/mol. The Morgan fingerprint density at radius 1 is 1.07 bits per heavy atom. The largest absolute Gasteiger partial charge is 0.497 e. The molecule has 2 aromatic carbocycles. The first-order valence-electron chi connectivity index (χ1n) is 9.67. The fourth-order valence-electron chi connectivity index (χ4n) is 3.26. The zero-order chi connectivity index (χ0) is 21.1. The number of hydrogen-bond acceptors (Lipinski definition) is 5. The number of hydrogen-bond donors (Lipinski definition) is 1. The number of ether oxygens (including phenoxy) is 2. The van der Waals surface area contributed by atoms with E-state index in [0.29, 0.717) is 23.0 Å². The SMILES string of the molecule is COc1cccc(S(=O)Nc2cc(C3=NCc4ccc(OC(C)C)cc43)ccn2)c1. The summed E-state index contributed by atoms with van der Waals surface area (Å²) in [6.07, 6.45) is 1.79. The van der Waals surface area contributed by atoms with Crippen LogP contribution >= 0.6 is 0 Å². The molecule has 0 fully saturated rings. The number of nitrogens with zero attached hydrogens (tertiary/aromatic N) is 2. The highest BCUT2D eigenvalue weighted by atomic mass is 32.2. The Hall–Kier alpha value is -3.19. The molecule has 0 radical (unpaired) electrons. The van der Waals surface area contributed by atoms with Gasteiger partial charge in [-0.15, -0.1) is 0 Å². The Labute approximate surface area is 178 Å². The topological polar surface area (TPSA) is 72.8 Å². The third kappa shape index (κ3) is 4.36. The van der Waals surface area contributed by atoms with Gasteiger partial charge in [0.25, 0.3) is 0 Å². The first-order valence-corrected chi connectivity index (χ1v) is 10.8. The van der Waals surface area contributed by atoms with Gasteiger partial charge in [-0.2, -0.15) is 0 Å². The molecule has 0 saturated carbocycles. The van der Waals surface area contributed by atoms with E-state index in [-0.39, 0.29) is 6.10 Å². The van der Waals surface area contributed by atoms with E-state index in [1.54, 1.807) is 31.5 Å². The molecule has 6 nitrogen and oxygen atoms in total. The third-order valence-corrected chi connectivity index (χ3v) is 5.68. The number of pyridine rings is 1. The molecule has 30 heavy (non-hydrogen) atoms. The third-order valence-electron chi connectivity index (χ3n) is 4.60. The zero-order valence-electron chi connectivity index (χ0n) is 17.1. The summed E-state index contributed by atoms with van der Waals surface area (Å²) in [5.41, 5.74) is 4.01. The van der Waals surface area contributed by atoms with Gasteiger partial charge in [0.15, 0.2) is 11.0 Å². The zero-order valence-corrected chi connectivity index (χ0v) is 17.9. The number of aromatic nitrogens is 1. The van der Waals surface area contributed by atoms with Crippen LogP contribution in [-0.2, 0) is 17.5 Å². The molecule has 1 aliphatic heterocycles. The van der Waals surface area contributed by atoms with Crippen molar-refractivity contribution < 1.29 is 13.7 Å². The molecule has 7 heteroatoms. The van der Waals surface area contributed by atoms with Crippen molar-refractivity contribution in [1.82, 2.24) is 4.98 Å². The summed E-state index contributed by atoms with van der Waals surface area (Å²) < 4.78 is 26.7. The summed E-state index contributed by atoms with van der Waals surface area (Å²) in [5.74, 6) is 1.99. The number of anilines is 1.